The lowest BCUT2D eigenvalue weighted by Gasteiger charge is -2.20. The van der Waals surface area contributed by atoms with Crippen LogP contribution >= 0.6 is 24.4 Å². The fourth-order valence-electron chi connectivity index (χ4n) is 2.22. The molecule has 2 N–H and O–H groups in total. The SMILES string of the molecule is COC(C(=O)O)c1ccc(N(C)Cn2c(=S)[nH]n(C)c2=S)cc1. The van der Waals surface area contributed by atoms with E-state index in [4.69, 9.17) is 34.3 Å². The van der Waals surface area contributed by atoms with E-state index in [-0.39, 0.29) is 0 Å². The Morgan fingerprint density at radius 1 is 1.39 bits per heavy atom. The average molecular weight is 354 g/mol. The number of methoxy groups -OCH3 is 1. The molecule has 124 valence electrons. The van der Waals surface area contributed by atoms with Crippen molar-refractivity contribution in [3.05, 3.63) is 39.4 Å². The molecule has 0 aliphatic heterocycles. The van der Waals surface area contributed by atoms with E-state index in [9.17, 15) is 4.79 Å². The number of nitrogens with one attached hydrogen (secondary N) is 1. The minimum Gasteiger partial charge on any atom is -0.479 e. The molecule has 0 saturated heterocycles. The van der Waals surface area contributed by atoms with Crippen LogP contribution in [0.5, 0.6) is 0 Å². The molecule has 23 heavy (non-hydrogen) atoms. The van der Waals surface area contributed by atoms with Crippen LogP contribution in [0, 0.1) is 9.54 Å². The number of hydrogen-bond donors (Lipinski definition) is 2. The number of ether oxygens (including phenoxy) is 1. The van der Waals surface area contributed by atoms with Crippen molar-refractivity contribution in [2.45, 2.75) is 12.8 Å². The highest BCUT2D eigenvalue weighted by atomic mass is 32.1. The van der Waals surface area contributed by atoms with Crippen LogP contribution in [0.15, 0.2) is 24.3 Å². The van der Waals surface area contributed by atoms with Gasteiger partial charge in [0.25, 0.3) is 0 Å². The predicted molar refractivity (Wildman–Crippen MR) is 91.7 cm³/mol. The van der Waals surface area contributed by atoms with Gasteiger partial charge in [0.1, 0.15) is 0 Å². The predicted octanol–water partition coefficient (Wildman–Crippen LogP) is 2.48. The highest BCUT2D eigenvalue weighted by Gasteiger charge is 2.18. The third-order valence-electron chi connectivity index (χ3n) is 3.48. The number of nitrogens with zero attached hydrogens (tertiary/aromatic N) is 3. The zero-order chi connectivity index (χ0) is 17.1. The first-order valence-corrected chi connectivity index (χ1v) is 7.59. The van der Waals surface area contributed by atoms with Gasteiger partial charge in [-0.2, -0.15) is 0 Å². The second-order valence-electron chi connectivity index (χ2n) is 5.07. The first-order valence-electron chi connectivity index (χ1n) is 6.77. The summed E-state index contributed by atoms with van der Waals surface area (Å²) in [5, 5.41) is 12.1. The van der Waals surface area contributed by atoms with Gasteiger partial charge in [-0.1, -0.05) is 12.1 Å². The highest BCUT2D eigenvalue weighted by molar-refractivity contribution is 7.72. The van der Waals surface area contributed by atoms with Gasteiger partial charge >= 0.3 is 5.97 Å². The Morgan fingerprint density at radius 3 is 2.43 bits per heavy atom. The molecule has 0 bridgehead atoms. The molecule has 0 aliphatic rings. The molecule has 1 heterocycles. The van der Waals surface area contributed by atoms with Gasteiger partial charge in [0.05, 0.1) is 6.67 Å². The average Bonchev–Trinajstić information content (AvgIpc) is 2.74. The fourth-order valence-corrected chi connectivity index (χ4v) is 2.75. The lowest BCUT2D eigenvalue weighted by molar-refractivity contribution is -0.148. The standard InChI is InChI=1S/C14H18N4O3S2/c1-16(8-18-13(22)15-17(2)14(18)23)10-6-4-9(5-7-10)11(21-3)12(19)20/h4-7,11H,8H2,1-3H3,(H,15,22)(H,19,20). The van der Waals surface area contributed by atoms with Crippen LogP contribution in [0.25, 0.3) is 0 Å². The molecular weight excluding hydrogens is 336 g/mol. The minimum absolute atomic E-state index is 0.487. The molecule has 1 aromatic carbocycles. The van der Waals surface area contributed by atoms with E-state index in [1.54, 1.807) is 28.4 Å². The number of hydrogen-bond acceptors (Lipinski definition) is 5. The number of aliphatic carboxylic acids is 1. The number of benzene rings is 1. The summed E-state index contributed by atoms with van der Waals surface area (Å²) in [6.07, 6.45) is -0.967. The lowest BCUT2D eigenvalue weighted by Crippen LogP contribution is -2.22. The Balaban J connectivity index is 2.20. The molecule has 1 unspecified atom stereocenters. The van der Waals surface area contributed by atoms with Crippen LogP contribution in [0.2, 0.25) is 0 Å². The lowest BCUT2D eigenvalue weighted by atomic mass is 10.1. The summed E-state index contributed by atoms with van der Waals surface area (Å²) < 4.78 is 9.61. The van der Waals surface area contributed by atoms with E-state index in [1.165, 1.54) is 7.11 Å². The first kappa shape index (κ1) is 17.4. The Morgan fingerprint density at radius 2 is 2.00 bits per heavy atom. The molecule has 1 aromatic heterocycles. The van der Waals surface area contributed by atoms with E-state index in [0.29, 0.717) is 21.8 Å². The fraction of sp³-hybridized carbons (Fsp3) is 0.357. The van der Waals surface area contributed by atoms with Crippen molar-refractivity contribution in [3.63, 3.8) is 0 Å². The number of carboxylic acids is 1. The van der Waals surface area contributed by atoms with Crippen LogP contribution in [0.3, 0.4) is 0 Å². The summed E-state index contributed by atoms with van der Waals surface area (Å²) in [5.74, 6) is -1.02. The summed E-state index contributed by atoms with van der Waals surface area (Å²) >= 11 is 10.5. The Hall–Kier alpha value is -1.97. The van der Waals surface area contributed by atoms with Crippen molar-refractivity contribution in [2.24, 2.45) is 7.05 Å². The molecule has 0 amide bonds. The monoisotopic (exact) mass is 354 g/mol. The number of anilines is 1. The number of aryl methyl sites for hydroxylation is 1. The summed E-state index contributed by atoms with van der Waals surface area (Å²) in [6, 6.07) is 7.14. The topological polar surface area (TPSA) is 75.4 Å². The minimum atomic E-state index is -1.02. The molecule has 0 aliphatic carbocycles. The van der Waals surface area contributed by atoms with Gasteiger partial charge in [0, 0.05) is 26.9 Å². The van der Waals surface area contributed by atoms with Crippen molar-refractivity contribution in [1.82, 2.24) is 14.3 Å². The number of aromatic nitrogens is 3. The number of carbonyl (C=O) groups is 1. The number of aromatic amines is 1. The summed E-state index contributed by atoms with van der Waals surface area (Å²) in [4.78, 5) is 13.1. The molecule has 2 aromatic rings. The maximum Gasteiger partial charge on any atom is 0.337 e. The maximum atomic E-state index is 11.1. The van der Waals surface area contributed by atoms with Crippen LogP contribution in [0.1, 0.15) is 11.7 Å². The van der Waals surface area contributed by atoms with Crippen molar-refractivity contribution in [1.29, 1.82) is 0 Å². The molecular formula is C14H18N4O3S2. The van der Waals surface area contributed by atoms with Gasteiger partial charge in [-0.25, -0.2) is 4.79 Å². The van der Waals surface area contributed by atoms with E-state index in [2.05, 4.69) is 5.10 Å². The second-order valence-corrected chi connectivity index (χ2v) is 5.82. The Kier molecular flexibility index (Phi) is 5.34. The Labute approximate surface area is 143 Å². The molecule has 0 saturated carbocycles. The Bertz CT molecular complexity index is 807. The summed E-state index contributed by atoms with van der Waals surface area (Å²) in [6.45, 7) is 0.487. The highest BCUT2D eigenvalue weighted by Crippen LogP contribution is 2.21. The van der Waals surface area contributed by atoms with Crippen LogP contribution in [0.4, 0.5) is 5.69 Å². The molecule has 9 heteroatoms. The van der Waals surface area contributed by atoms with Crippen LogP contribution < -0.4 is 4.90 Å². The molecule has 7 nitrogen and oxygen atoms in total. The number of rotatable bonds is 6. The van der Waals surface area contributed by atoms with E-state index >= 15 is 0 Å². The van der Waals surface area contributed by atoms with Gasteiger partial charge in [0.15, 0.2) is 15.6 Å². The van der Waals surface area contributed by atoms with Crippen molar-refractivity contribution in [3.8, 4) is 0 Å². The van der Waals surface area contributed by atoms with Gasteiger partial charge in [0.2, 0.25) is 0 Å². The van der Waals surface area contributed by atoms with E-state index in [0.717, 1.165) is 5.69 Å². The van der Waals surface area contributed by atoms with Crippen molar-refractivity contribution < 1.29 is 14.6 Å². The van der Waals surface area contributed by atoms with Crippen LogP contribution in [-0.4, -0.2) is 39.6 Å². The quantitative estimate of drug-likeness (QED) is 0.776. The van der Waals surface area contributed by atoms with Crippen molar-refractivity contribution in [2.75, 3.05) is 19.1 Å². The van der Waals surface area contributed by atoms with Crippen molar-refractivity contribution >= 4 is 36.1 Å². The number of H-pyrrole nitrogens is 1. The molecule has 0 radical (unpaired) electrons. The zero-order valence-electron chi connectivity index (χ0n) is 13.0. The zero-order valence-corrected chi connectivity index (χ0v) is 14.6. The first-order chi connectivity index (χ1) is 10.8. The third kappa shape index (κ3) is 3.69. The van der Waals surface area contributed by atoms with Gasteiger partial charge in [-0.15, -0.1) is 0 Å². The van der Waals surface area contributed by atoms with E-state index in [1.807, 2.05) is 24.1 Å². The summed E-state index contributed by atoms with van der Waals surface area (Å²) in [7, 11) is 5.08. The molecule has 0 fully saturated rings. The van der Waals surface area contributed by atoms with E-state index < -0.39 is 12.1 Å². The van der Waals surface area contributed by atoms with Gasteiger partial charge in [-0.3, -0.25) is 14.3 Å². The second kappa shape index (κ2) is 7.07. The maximum absolute atomic E-state index is 11.1. The largest absolute Gasteiger partial charge is 0.479 e. The smallest absolute Gasteiger partial charge is 0.337 e. The van der Waals surface area contributed by atoms with Crippen LogP contribution in [-0.2, 0) is 23.2 Å². The molecule has 0 spiro atoms. The van der Waals surface area contributed by atoms with Gasteiger partial charge in [-0.05, 0) is 42.1 Å². The summed E-state index contributed by atoms with van der Waals surface area (Å²) in [5.41, 5.74) is 1.50. The normalized spacial score (nSPS) is 12.1. The van der Waals surface area contributed by atoms with Gasteiger partial charge < -0.3 is 14.7 Å². The molecule has 1 atom stereocenters. The molecule has 2 rings (SSSR count). The third-order valence-corrected chi connectivity index (χ3v) is 4.28. The number of carboxylic acid groups (broad SMARTS) is 1.